The van der Waals surface area contributed by atoms with E-state index in [1.165, 1.54) is 0 Å². The average molecular weight is 400 g/mol. The number of benzene rings is 2. The summed E-state index contributed by atoms with van der Waals surface area (Å²) < 4.78 is 10.6. The van der Waals surface area contributed by atoms with Crippen LogP contribution < -0.4 is 20.1 Å². The highest BCUT2D eigenvalue weighted by molar-refractivity contribution is 5.94. The minimum atomic E-state index is -0.302. The summed E-state index contributed by atoms with van der Waals surface area (Å²) in [5.41, 5.74) is 1.10. The molecule has 0 fully saturated rings. The van der Waals surface area contributed by atoms with Gasteiger partial charge in [0.2, 0.25) is 0 Å². The van der Waals surface area contributed by atoms with Crippen LogP contribution in [0.3, 0.4) is 0 Å². The lowest BCUT2D eigenvalue weighted by molar-refractivity contribution is -0.118. The van der Waals surface area contributed by atoms with Crippen LogP contribution in [0.1, 0.15) is 24.2 Å². The fourth-order valence-corrected chi connectivity index (χ4v) is 2.59. The van der Waals surface area contributed by atoms with Crippen molar-refractivity contribution < 1.29 is 24.2 Å². The molecule has 2 amide bonds. The second kappa shape index (κ2) is 11.1. The van der Waals surface area contributed by atoms with Crippen LogP contribution in [0.25, 0.3) is 0 Å². The van der Waals surface area contributed by atoms with E-state index in [0.717, 1.165) is 0 Å². The summed E-state index contributed by atoms with van der Waals surface area (Å²) in [5.74, 6) is 0.910. The number of nitrogens with one attached hydrogen (secondary N) is 2. The van der Waals surface area contributed by atoms with E-state index in [-0.39, 0.29) is 36.9 Å². The van der Waals surface area contributed by atoms with Crippen molar-refractivity contribution in [2.45, 2.75) is 13.8 Å². The van der Waals surface area contributed by atoms with E-state index in [0.29, 0.717) is 29.3 Å². The van der Waals surface area contributed by atoms with Gasteiger partial charge in [0.05, 0.1) is 7.11 Å². The zero-order valence-electron chi connectivity index (χ0n) is 17.0. The summed E-state index contributed by atoms with van der Waals surface area (Å²) in [7, 11) is 1.56. The number of aliphatic hydroxyl groups excluding tert-OH is 1. The first kappa shape index (κ1) is 22.2. The standard InChI is InChI=1S/C22H28N2O5/c1-15(2)17(13-25)12-23-22(27)16-7-9-19(10-8-16)29-14-21(26)24-18-5-4-6-20(11-18)28-3/h4-11,15,17,25H,12-14H2,1-3H3,(H,23,27)(H,24,26)/t17-/m0/s1. The van der Waals surface area contributed by atoms with Gasteiger partial charge in [0, 0.05) is 36.4 Å². The van der Waals surface area contributed by atoms with Gasteiger partial charge in [-0.05, 0) is 42.3 Å². The number of ether oxygens (including phenoxy) is 2. The second-order valence-electron chi connectivity index (χ2n) is 6.99. The molecule has 2 aromatic carbocycles. The number of aliphatic hydroxyl groups is 1. The maximum absolute atomic E-state index is 12.2. The van der Waals surface area contributed by atoms with Crippen molar-refractivity contribution in [3.8, 4) is 11.5 Å². The average Bonchev–Trinajstić information content (AvgIpc) is 2.72. The Labute approximate surface area is 171 Å². The van der Waals surface area contributed by atoms with E-state index in [1.807, 2.05) is 13.8 Å². The molecule has 3 N–H and O–H groups in total. The maximum atomic E-state index is 12.2. The number of anilines is 1. The molecule has 0 aliphatic carbocycles. The molecule has 0 saturated heterocycles. The minimum absolute atomic E-state index is 0.0182. The van der Waals surface area contributed by atoms with Gasteiger partial charge in [-0.3, -0.25) is 9.59 Å². The molecule has 2 aromatic rings. The van der Waals surface area contributed by atoms with Crippen molar-refractivity contribution in [1.82, 2.24) is 5.32 Å². The molecule has 156 valence electrons. The highest BCUT2D eigenvalue weighted by atomic mass is 16.5. The normalized spacial score (nSPS) is 11.6. The van der Waals surface area contributed by atoms with Crippen LogP contribution in [0.2, 0.25) is 0 Å². The molecule has 0 unspecified atom stereocenters. The third-order valence-corrected chi connectivity index (χ3v) is 4.54. The fraction of sp³-hybridized carbons (Fsp3) is 0.364. The van der Waals surface area contributed by atoms with Gasteiger partial charge in [0.25, 0.3) is 11.8 Å². The van der Waals surface area contributed by atoms with Crippen molar-refractivity contribution in [2.24, 2.45) is 11.8 Å². The topological polar surface area (TPSA) is 96.9 Å². The third-order valence-electron chi connectivity index (χ3n) is 4.54. The van der Waals surface area contributed by atoms with Gasteiger partial charge in [-0.1, -0.05) is 19.9 Å². The summed E-state index contributed by atoms with van der Waals surface area (Å²) in [4.78, 5) is 24.2. The molecule has 29 heavy (non-hydrogen) atoms. The summed E-state index contributed by atoms with van der Waals surface area (Å²) in [6.45, 7) is 4.29. The number of amides is 2. The van der Waals surface area contributed by atoms with Crippen molar-refractivity contribution in [1.29, 1.82) is 0 Å². The Morgan fingerprint density at radius 1 is 1.07 bits per heavy atom. The molecule has 2 rings (SSSR count). The number of hydrogen-bond donors (Lipinski definition) is 3. The molecule has 7 heteroatoms. The summed E-state index contributed by atoms with van der Waals surface area (Å²) in [6, 6.07) is 13.6. The molecule has 0 bridgehead atoms. The third kappa shape index (κ3) is 7.12. The molecular weight excluding hydrogens is 372 g/mol. The number of carbonyl (C=O) groups is 2. The van der Waals surface area contributed by atoms with Gasteiger partial charge in [0.15, 0.2) is 6.61 Å². The van der Waals surface area contributed by atoms with Crippen LogP contribution in [0.15, 0.2) is 48.5 Å². The molecule has 0 aliphatic heterocycles. The number of rotatable bonds is 10. The molecule has 7 nitrogen and oxygen atoms in total. The Balaban J connectivity index is 1.82. The molecule has 0 radical (unpaired) electrons. The quantitative estimate of drug-likeness (QED) is 0.570. The van der Waals surface area contributed by atoms with E-state index in [1.54, 1.807) is 55.6 Å². The Morgan fingerprint density at radius 3 is 2.41 bits per heavy atom. The summed E-state index contributed by atoms with van der Waals surface area (Å²) in [5, 5.41) is 14.9. The fourth-order valence-electron chi connectivity index (χ4n) is 2.59. The first-order chi connectivity index (χ1) is 13.9. The van der Waals surface area contributed by atoms with E-state index in [4.69, 9.17) is 9.47 Å². The Morgan fingerprint density at radius 2 is 1.79 bits per heavy atom. The lowest BCUT2D eigenvalue weighted by Gasteiger charge is -2.18. The summed E-state index contributed by atoms with van der Waals surface area (Å²) >= 11 is 0. The van der Waals surface area contributed by atoms with Crippen molar-refractivity contribution in [3.63, 3.8) is 0 Å². The zero-order chi connectivity index (χ0) is 21.2. The van der Waals surface area contributed by atoms with Crippen molar-refractivity contribution >= 4 is 17.5 Å². The number of hydrogen-bond acceptors (Lipinski definition) is 5. The Bertz CT molecular complexity index is 805. The number of carbonyl (C=O) groups excluding carboxylic acids is 2. The highest BCUT2D eigenvalue weighted by Gasteiger charge is 2.14. The lowest BCUT2D eigenvalue weighted by atomic mass is 9.97. The highest BCUT2D eigenvalue weighted by Crippen LogP contribution is 2.17. The van der Waals surface area contributed by atoms with Gasteiger partial charge in [-0.25, -0.2) is 0 Å². The largest absolute Gasteiger partial charge is 0.497 e. The maximum Gasteiger partial charge on any atom is 0.262 e. The smallest absolute Gasteiger partial charge is 0.262 e. The predicted molar refractivity (Wildman–Crippen MR) is 111 cm³/mol. The van der Waals surface area contributed by atoms with E-state index in [9.17, 15) is 14.7 Å². The van der Waals surface area contributed by atoms with Gasteiger partial charge in [-0.2, -0.15) is 0 Å². The lowest BCUT2D eigenvalue weighted by Crippen LogP contribution is -2.33. The van der Waals surface area contributed by atoms with Crippen molar-refractivity contribution in [3.05, 3.63) is 54.1 Å². The van der Waals surface area contributed by atoms with E-state index >= 15 is 0 Å². The Kier molecular flexibility index (Phi) is 8.48. The van der Waals surface area contributed by atoms with Gasteiger partial charge in [0.1, 0.15) is 11.5 Å². The second-order valence-corrected chi connectivity index (χ2v) is 6.99. The van der Waals surface area contributed by atoms with Gasteiger partial charge < -0.3 is 25.2 Å². The van der Waals surface area contributed by atoms with Crippen LogP contribution >= 0.6 is 0 Å². The van der Waals surface area contributed by atoms with Crippen LogP contribution in [0, 0.1) is 11.8 Å². The zero-order valence-corrected chi connectivity index (χ0v) is 17.0. The van der Waals surface area contributed by atoms with E-state index in [2.05, 4.69) is 10.6 Å². The first-order valence-corrected chi connectivity index (χ1v) is 9.48. The molecule has 0 aliphatic rings. The van der Waals surface area contributed by atoms with Crippen LogP contribution in [-0.2, 0) is 4.79 Å². The van der Waals surface area contributed by atoms with E-state index < -0.39 is 0 Å². The molecule has 0 heterocycles. The molecule has 0 spiro atoms. The van der Waals surface area contributed by atoms with Crippen LogP contribution in [0.5, 0.6) is 11.5 Å². The molecular formula is C22H28N2O5. The van der Waals surface area contributed by atoms with Gasteiger partial charge >= 0.3 is 0 Å². The summed E-state index contributed by atoms with van der Waals surface area (Å²) in [6.07, 6.45) is 0. The van der Waals surface area contributed by atoms with Crippen LogP contribution in [0.4, 0.5) is 5.69 Å². The molecule has 0 saturated carbocycles. The SMILES string of the molecule is COc1cccc(NC(=O)COc2ccc(C(=O)NC[C@@H](CO)C(C)C)cc2)c1. The first-order valence-electron chi connectivity index (χ1n) is 9.48. The minimum Gasteiger partial charge on any atom is -0.497 e. The predicted octanol–water partition coefficient (Wildman–Crippen LogP) is 2.71. The molecule has 0 aromatic heterocycles. The Hall–Kier alpha value is -3.06. The molecule has 1 atom stereocenters. The monoisotopic (exact) mass is 400 g/mol. The number of methoxy groups -OCH3 is 1. The van der Waals surface area contributed by atoms with Crippen molar-refractivity contribution in [2.75, 3.05) is 32.2 Å². The van der Waals surface area contributed by atoms with Crippen LogP contribution in [-0.4, -0.2) is 43.8 Å². The van der Waals surface area contributed by atoms with Gasteiger partial charge in [-0.15, -0.1) is 0 Å².